The van der Waals surface area contributed by atoms with Gasteiger partial charge in [0.2, 0.25) is 0 Å². The van der Waals surface area contributed by atoms with Gasteiger partial charge < -0.3 is 9.84 Å². The molecule has 18 heavy (non-hydrogen) atoms. The van der Waals surface area contributed by atoms with Gasteiger partial charge in [-0.1, -0.05) is 0 Å². The summed E-state index contributed by atoms with van der Waals surface area (Å²) in [5.74, 6) is -1.74. The molecule has 0 radical (unpaired) electrons. The fourth-order valence-corrected chi connectivity index (χ4v) is 1.29. The lowest BCUT2D eigenvalue weighted by molar-refractivity contribution is -0.131. The van der Waals surface area contributed by atoms with E-state index in [4.69, 9.17) is 5.11 Å². The molecule has 0 aromatic heterocycles. The Bertz CT molecular complexity index is 444. The van der Waals surface area contributed by atoms with Gasteiger partial charge in [0.1, 0.15) is 12.4 Å². The smallest absolute Gasteiger partial charge is 0.328 e. The second-order valence-corrected chi connectivity index (χ2v) is 3.47. The molecule has 0 atom stereocenters. The van der Waals surface area contributed by atoms with Crippen LogP contribution >= 0.6 is 0 Å². The molecule has 0 fully saturated rings. The Hall–Kier alpha value is -1.82. The first-order chi connectivity index (χ1) is 8.47. The van der Waals surface area contributed by atoms with Crippen LogP contribution in [-0.2, 0) is 16.1 Å². The summed E-state index contributed by atoms with van der Waals surface area (Å²) in [5.41, 5.74) is 0.689. The monoisotopic (exact) mass is 260 g/mol. The summed E-state index contributed by atoms with van der Waals surface area (Å²) in [5, 5.41) is 8.43. The molecule has 0 aliphatic carbocycles. The van der Waals surface area contributed by atoms with Gasteiger partial charge in [-0.2, -0.15) is 0 Å². The Morgan fingerprint density at radius 2 is 2.11 bits per heavy atom. The number of carbonyl (C=O) groups is 1. The van der Waals surface area contributed by atoms with Crippen LogP contribution < -0.4 is 0 Å². The highest BCUT2D eigenvalue weighted by Gasteiger charge is 2.04. The highest BCUT2D eigenvalue weighted by atomic mass is 19.3. The number of benzene rings is 1. The zero-order chi connectivity index (χ0) is 13.5. The van der Waals surface area contributed by atoms with Crippen LogP contribution in [0.25, 0.3) is 6.08 Å². The number of rotatable bonds is 6. The molecule has 98 valence electrons. The molecule has 6 heteroatoms. The largest absolute Gasteiger partial charge is 0.478 e. The van der Waals surface area contributed by atoms with Crippen LogP contribution in [-0.4, -0.2) is 24.1 Å². The fourth-order valence-electron chi connectivity index (χ4n) is 1.29. The van der Waals surface area contributed by atoms with Crippen molar-refractivity contribution in [3.63, 3.8) is 0 Å². The van der Waals surface area contributed by atoms with Crippen LogP contribution in [0.2, 0.25) is 0 Å². The first-order valence-corrected chi connectivity index (χ1v) is 5.04. The Balaban J connectivity index is 2.71. The second kappa shape index (κ2) is 6.80. The first kappa shape index (κ1) is 14.2. The molecule has 0 heterocycles. The normalized spacial score (nSPS) is 11.3. The number of alkyl halides is 2. The van der Waals surface area contributed by atoms with Gasteiger partial charge in [-0.15, -0.1) is 0 Å². The SMILES string of the molecule is O=C(O)/C=C/c1cc(F)cc(COCC(F)F)c1. The second-order valence-electron chi connectivity index (χ2n) is 3.47. The zero-order valence-electron chi connectivity index (χ0n) is 9.28. The Kier molecular flexibility index (Phi) is 5.38. The molecule has 0 unspecified atom stereocenters. The molecule has 0 aliphatic rings. The molecule has 3 nitrogen and oxygen atoms in total. The summed E-state index contributed by atoms with van der Waals surface area (Å²) in [6.07, 6.45) is -0.509. The standard InChI is InChI=1S/C12H11F3O3/c13-10-4-8(1-2-12(16)17)3-9(5-10)6-18-7-11(14)15/h1-5,11H,6-7H2,(H,16,17)/b2-1+. The molecule has 1 rings (SSSR count). The van der Waals surface area contributed by atoms with Crippen LogP contribution in [0.1, 0.15) is 11.1 Å². The molecule has 1 N–H and O–H groups in total. The van der Waals surface area contributed by atoms with Gasteiger partial charge in [0.25, 0.3) is 6.43 Å². The molecule has 1 aromatic rings. The van der Waals surface area contributed by atoms with Crippen LogP contribution in [0.3, 0.4) is 0 Å². The summed E-state index contributed by atoms with van der Waals surface area (Å²) in [6, 6.07) is 3.74. The van der Waals surface area contributed by atoms with Crippen molar-refractivity contribution in [2.24, 2.45) is 0 Å². The average molecular weight is 260 g/mol. The van der Waals surface area contributed by atoms with Crippen molar-refractivity contribution in [1.82, 2.24) is 0 Å². The molecule has 0 aliphatic heterocycles. The van der Waals surface area contributed by atoms with Gasteiger partial charge in [-0.25, -0.2) is 18.0 Å². The van der Waals surface area contributed by atoms with E-state index in [-0.39, 0.29) is 6.61 Å². The first-order valence-electron chi connectivity index (χ1n) is 5.04. The Morgan fingerprint density at radius 1 is 1.39 bits per heavy atom. The van der Waals surface area contributed by atoms with Crippen LogP contribution in [0.5, 0.6) is 0 Å². The van der Waals surface area contributed by atoms with Crippen molar-refractivity contribution >= 4 is 12.0 Å². The van der Waals surface area contributed by atoms with Crippen molar-refractivity contribution in [2.75, 3.05) is 6.61 Å². The van der Waals surface area contributed by atoms with Crippen molar-refractivity contribution in [3.8, 4) is 0 Å². The number of carboxylic acid groups (broad SMARTS) is 1. The number of hydrogen-bond donors (Lipinski definition) is 1. The third kappa shape index (κ3) is 5.49. The summed E-state index contributed by atoms with van der Waals surface area (Å²) >= 11 is 0. The molecule has 0 bridgehead atoms. The van der Waals surface area contributed by atoms with E-state index in [9.17, 15) is 18.0 Å². The summed E-state index contributed by atoms with van der Waals surface area (Å²) in [4.78, 5) is 10.3. The van der Waals surface area contributed by atoms with E-state index in [0.717, 1.165) is 18.2 Å². The number of carboxylic acids is 1. The molecule has 1 aromatic carbocycles. The number of ether oxygens (including phenoxy) is 1. The van der Waals surface area contributed by atoms with Gasteiger partial charge in [0.15, 0.2) is 0 Å². The van der Waals surface area contributed by atoms with Gasteiger partial charge in [0.05, 0.1) is 6.61 Å². The van der Waals surface area contributed by atoms with E-state index in [0.29, 0.717) is 11.1 Å². The van der Waals surface area contributed by atoms with E-state index in [2.05, 4.69) is 4.74 Å². The van der Waals surface area contributed by atoms with Crippen LogP contribution in [0.15, 0.2) is 24.3 Å². The molecule has 0 saturated carbocycles. The van der Waals surface area contributed by atoms with Crippen molar-refractivity contribution in [2.45, 2.75) is 13.0 Å². The summed E-state index contributed by atoms with van der Waals surface area (Å²) in [6.45, 7) is -0.882. The summed E-state index contributed by atoms with van der Waals surface area (Å²) < 4.78 is 41.5. The molecule has 0 amide bonds. The Labute approximate surface area is 101 Å². The lowest BCUT2D eigenvalue weighted by Crippen LogP contribution is -2.04. The average Bonchev–Trinajstić information content (AvgIpc) is 2.25. The minimum Gasteiger partial charge on any atom is -0.478 e. The van der Waals surface area contributed by atoms with Crippen LogP contribution in [0, 0.1) is 5.82 Å². The topological polar surface area (TPSA) is 46.5 Å². The third-order valence-corrected chi connectivity index (χ3v) is 1.91. The van der Waals surface area contributed by atoms with Gasteiger partial charge in [0, 0.05) is 6.08 Å². The van der Waals surface area contributed by atoms with Gasteiger partial charge >= 0.3 is 5.97 Å². The third-order valence-electron chi connectivity index (χ3n) is 1.91. The predicted octanol–water partition coefficient (Wildman–Crippen LogP) is 2.71. The van der Waals surface area contributed by atoms with Crippen LogP contribution in [0.4, 0.5) is 13.2 Å². The van der Waals surface area contributed by atoms with E-state index >= 15 is 0 Å². The minimum absolute atomic E-state index is 0.157. The van der Waals surface area contributed by atoms with E-state index in [1.165, 1.54) is 12.1 Å². The Morgan fingerprint density at radius 3 is 2.72 bits per heavy atom. The highest BCUT2D eigenvalue weighted by molar-refractivity contribution is 5.85. The van der Waals surface area contributed by atoms with Crippen molar-refractivity contribution in [1.29, 1.82) is 0 Å². The minimum atomic E-state index is -2.58. The van der Waals surface area contributed by atoms with E-state index < -0.39 is 24.8 Å². The van der Waals surface area contributed by atoms with E-state index in [1.54, 1.807) is 0 Å². The van der Waals surface area contributed by atoms with Crippen molar-refractivity contribution in [3.05, 3.63) is 41.2 Å². The molecular formula is C12H11F3O3. The van der Waals surface area contributed by atoms with E-state index in [1.807, 2.05) is 0 Å². The molecule has 0 saturated heterocycles. The molecular weight excluding hydrogens is 249 g/mol. The lowest BCUT2D eigenvalue weighted by atomic mass is 10.1. The number of halogens is 3. The maximum absolute atomic E-state index is 13.2. The molecule has 0 spiro atoms. The fraction of sp³-hybridized carbons (Fsp3) is 0.250. The van der Waals surface area contributed by atoms with Crippen molar-refractivity contribution < 1.29 is 27.8 Å². The quantitative estimate of drug-likeness (QED) is 0.800. The van der Waals surface area contributed by atoms with Gasteiger partial charge in [-0.05, 0) is 35.4 Å². The lowest BCUT2D eigenvalue weighted by Gasteiger charge is -2.05. The highest BCUT2D eigenvalue weighted by Crippen LogP contribution is 2.12. The predicted molar refractivity (Wildman–Crippen MR) is 58.7 cm³/mol. The maximum Gasteiger partial charge on any atom is 0.328 e. The number of aliphatic carboxylic acids is 1. The van der Waals surface area contributed by atoms with Gasteiger partial charge in [-0.3, -0.25) is 0 Å². The number of hydrogen-bond acceptors (Lipinski definition) is 2. The summed E-state index contributed by atoms with van der Waals surface area (Å²) in [7, 11) is 0. The maximum atomic E-state index is 13.2. The zero-order valence-corrected chi connectivity index (χ0v) is 9.28.